The summed E-state index contributed by atoms with van der Waals surface area (Å²) in [6.45, 7) is 8.30. The lowest BCUT2D eigenvalue weighted by Gasteiger charge is -2.19. The van der Waals surface area contributed by atoms with Crippen LogP contribution in [-0.2, 0) is 9.53 Å². The fourth-order valence-electron chi connectivity index (χ4n) is 1.53. The van der Waals surface area contributed by atoms with Gasteiger partial charge in [0.05, 0.1) is 6.54 Å². The molecule has 0 saturated heterocycles. The number of hydrogen-bond acceptors (Lipinski definition) is 5. The molecule has 1 rings (SSSR count). The highest BCUT2D eigenvalue weighted by atomic mass is 32.2. The summed E-state index contributed by atoms with van der Waals surface area (Å²) in [5.41, 5.74) is 0.675. The zero-order valence-electron chi connectivity index (χ0n) is 14.1. The molecular weight excluding hydrogens is 314 g/mol. The van der Waals surface area contributed by atoms with Crippen molar-refractivity contribution in [1.82, 2.24) is 15.4 Å². The van der Waals surface area contributed by atoms with Gasteiger partial charge in [0.15, 0.2) is 0 Å². The first-order valence-corrected chi connectivity index (χ1v) is 8.28. The van der Waals surface area contributed by atoms with Gasteiger partial charge in [-0.25, -0.2) is 4.79 Å². The molecule has 0 aromatic heterocycles. The molecule has 0 aliphatic carbocycles. The van der Waals surface area contributed by atoms with Gasteiger partial charge in [-0.05, 0) is 51.8 Å². The van der Waals surface area contributed by atoms with Gasteiger partial charge in [-0.1, -0.05) is 17.7 Å². The van der Waals surface area contributed by atoms with Gasteiger partial charge in [0.2, 0.25) is 5.91 Å². The van der Waals surface area contributed by atoms with Crippen molar-refractivity contribution in [1.29, 1.82) is 0 Å². The first kappa shape index (κ1) is 19.3. The highest BCUT2D eigenvalue weighted by molar-refractivity contribution is 7.97. The van der Waals surface area contributed by atoms with Crippen LogP contribution in [0.5, 0.6) is 0 Å². The maximum atomic E-state index is 11.6. The molecule has 0 saturated carbocycles. The Morgan fingerprint density at radius 2 is 1.70 bits per heavy atom. The van der Waals surface area contributed by atoms with E-state index in [2.05, 4.69) is 15.4 Å². The van der Waals surface area contributed by atoms with Crippen LogP contribution in [0.1, 0.15) is 26.3 Å². The van der Waals surface area contributed by atoms with Crippen LogP contribution in [0.4, 0.5) is 4.79 Å². The number of alkyl carbamates (subject to hydrolysis) is 1. The third-order valence-corrected chi connectivity index (χ3v) is 3.36. The van der Waals surface area contributed by atoms with Crippen LogP contribution < -0.4 is 15.4 Å². The molecule has 23 heavy (non-hydrogen) atoms. The van der Waals surface area contributed by atoms with Crippen LogP contribution in [0, 0.1) is 6.92 Å². The predicted molar refractivity (Wildman–Crippen MR) is 92.3 cm³/mol. The van der Waals surface area contributed by atoms with Gasteiger partial charge in [-0.2, -0.15) is 0 Å². The van der Waals surface area contributed by atoms with E-state index in [9.17, 15) is 9.59 Å². The van der Waals surface area contributed by atoms with Crippen molar-refractivity contribution in [3.63, 3.8) is 0 Å². The smallest absolute Gasteiger partial charge is 0.407 e. The number of hydrogen-bond donors (Lipinski definition) is 3. The number of aryl methyl sites for hydroxylation is 1. The van der Waals surface area contributed by atoms with E-state index in [1.54, 1.807) is 20.8 Å². The van der Waals surface area contributed by atoms with Gasteiger partial charge in [0.25, 0.3) is 0 Å². The van der Waals surface area contributed by atoms with Gasteiger partial charge in [0, 0.05) is 18.0 Å². The largest absolute Gasteiger partial charge is 0.444 e. The molecule has 7 heteroatoms. The van der Waals surface area contributed by atoms with Crippen LogP contribution in [-0.4, -0.2) is 37.2 Å². The standard InChI is InChI=1S/C16H25N3O3S/c1-12-5-7-13(8-6-12)23-19-11-14(20)17-9-10-18-15(21)22-16(2,3)4/h5-8,19H,9-11H2,1-4H3,(H,17,20)(H,18,21). The monoisotopic (exact) mass is 339 g/mol. The first-order chi connectivity index (χ1) is 10.8. The van der Waals surface area contributed by atoms with Crippen molar-refractivity contribution in [2.75, 3.05) is 19.6 Å². The van der Waals surface area contributed by atoms with Crippen molar-refractivity contribution in [2.24, 2.45) is 0 Å². The summed E-state index contributed by atoms with van der Waals surface area (Å²) >= 11 is 1.41. The number of amides is 2. The van der Waals surface area contributed by atoms with Gasteiger partial charge in [-0.15, -0.1) is 0 Å². The third kappa shape index (κ3) is 9.80. The average Bonchev–Trinajstić information content (AvgIpc) is 2.44. The second-order valence-electron chi connectivity index (χ2n) is 6.01. The van der Waals surface area contributed by atoms with E-state index in [-0.39, 0.29) is 12.5 Å². The van der Waals surface area contributed by atoms with E-state index >= 15 is 0 Å². The molecule has 0 spiro atoms. The second-order valence-corrected chi connectivity index (χ2v) is 6.98. The van der Waals surface area contributed by atoms with Crippen molar-refractivity contribution in [3.05, 3.63) is 29.8 Å². The Morgan fingerprint density at radius 3 is 2.30 bits per heavy atom. The number of benzene rings is 1. The summed E-state index contributed by atoms with van der Waals surface area (Å²) in [4.78, 5) is 24.1. The molecule has 0 fully saturated rings. The number of carbonyl (C=O) groups excluding carboxylic acids is 2. The normalized spacial score (nSPS) is 11.0. The molecule has 0 aliphatic rings. The molecule has 6 nitrogen and oxygen atoms in total. The Hall–Kier alpha value is -1.73. The molecule has 1 aromatic carbocycles. The minimum atomic E-state index is -0.523. The maximum Gasteiger partial charge on any atom is 0.407 e. The van der Waals surface area contributed by atoms with Crippen molar-refractivity contribution in [2.45, 2.75) is 38.2 Å². The summed E-state index contributed by atoms with van der Waals surface area (Å²) < 4.78 is 8.08. The predicted octanol–water partition coefficient (Wildman–Crippen LogP) is 2.23. The molecule has 0 bridgehead atoms. The Balaban J connectivity index is 2.08. The summed E-state index contributed by atoms with van der Waals surface area (Å²) in [5, 5.41) is 5.29. The third-order valence-electron chi connectivity index (χ3n) is 2.56. The number of rotatable bonds is 7. The molecule has 0 heterocycles. The molecule has 0 aliphatic heterocycles. The molecule has 0 atom stereocenters. The van der Waals surface area contributed by atoms with Crippen LogP contribution in [0.3, 0.4) is 0 Å². The van der Waals surface area contributed by atoms with E-state index in [0.717, 1.165) is 4.90 Å². The maximum absolute atomic E-state index is 11.6. The van der Waals surface area contributed by atoms with Gasteiger partial charge in [0.1, 0.15) is 5.60 Å². The zero-order valence-corrected chi connectivity index (χ0v) is 14.9. The molecule has 2 amide bonds. The van der Waals surface area contributed by atoms with Crippen LogP contribution in [0.25, 0.3) is 0 Å². The highest BCUT2D eigenvalue weighted by Crippen LogP contribution is 2.14. The SMILES string of the molecule is Cc1ccc(SNCC(=O)NCCNC(=O)OC(C)(C)C)cc1. The molecule has 3 N–H and O–H groups in total. The van der Waals surface area contributed by atoms with E-state index in [1.807, 2.05) is 31.2 Å². The highest BCUT2D eigenvalue weighted by Gasteiger charge is 2.15. The van der Waals surface area contributed by atoms with E-state index in [4.69, 9.17) is 4.74 Å². The first-order valence-electron chi connectivity index (χ1n) is 7.46. The van der Waals surface area contributed by atoms with E-state index in [1.165, 1.54) is 17.5 Å². The van der Waals surface area contributed by atoms with Crippen LogP contribution >= 0.6 is 11.9 Å². The Labute approximate surface area is 141 Å². The summed E-state index contributed by atoms with van der Waals surface area (Å²) in [5.74, 6) is -0.129. The summed E-state index contributed by atoms with van der Waals surface area (Å²) in [7, 11) is 0. The lowest BCUT2D eigenvalue weighted by molar-refractivity contribution is -0.119. The fourth-order valence-corrected chi connectivity index (χ4v) is 2.18. The van der Waals surface area contributed by atoms with Crippen molar-refractivity contribution >= 4 is 23.9 Å². The van der Waals surface area contributed by atoms with Gasteiger partial charge in [-0.3, -0.25) is 9.52 Å². The minimum Gasteiger partial charge on any atom is -0.444 e. The molecule has 128 valence electrons. The van der Waals surface area contributed by atoms with Crippen LogP contribution in [0.15, 0.2) is 29.2 Å². The zero-order chi connectivity index (χ0) is 17.3. The molecule has 0 radical (unpaired) electrons. The second kappa shape index (κ2) is 9.42. The number of nitrogens with one attached hydrogen (secondary N) is 3. The number of ether oxygens (including phenoxy) is 1. The van der Waals surface area contributed by atoms with E-state index < -0.39 is 11.7 Å². The van der Waals surface area contributed by atoms with Crippen LogP contribution in [0.2, 0.25) is 0 Å². The average molecular weight is 339 g/mol. The van der Waals surface area contributed by atoms with Gasteiger partial charge < -0.3 is 15.4 Å². The van der Waals surface area contributed by atoms with Crippen molar-refractivity contribution < 1.29 is 14.3 Å². The fraction of sp³-hybridized carbons (Fsp3) is 0.500. The minimum absolute atomic E-state index is 0.129. The molecule has 1 aromatic rings. The van der Waals surface area contributed by atoms with Crippen molar-refractivity contribution in [3.8, 4) is 0 Å². The summed E-state index contributed by atoms with van der Waals surface area (Å²) in [6, 6.07) is 8.03. The van der Waals surface area contributed by atoms with Gasteiger partial charge >= 0.3 is 6.09 Å². The Kier molecular flexibility index (Phi) is 7.91. The Morgan fingerprint density at radius 1 is 1.09 bits per heavy atom. The lowest BCUT2D eigenvalue weighted by Crippen LogP contribution is -2.39. The Bertz CT molecular complexity index is 512. The quantitative estimate of drug-likeness (QED) is 0.524. The molecular formula is C16H25N3O3S. The molecule has 0 unspecified atom stereocenters. The summed E-state index contributed by atoms with van der Waals surface area (Å²) in [6.07, 6.45) is -0.486. The number of carbonyl (C=O) groups is 2. The lowest BCUT2D eigenvalue weighted by atomic mass is 10.2. The topological polar surface area (TPSA) is 79.5 Å². The van der Waals surface area contributed by atoms with E-state index in [0.29, 0.717) is 13.1 Å².